The van der Waals surface area contributed by atoms with E-state index in [0.717, 1.165) is 0 Å². The summed E-state index contributed by atoms with van der Waals surface area (Å²) in [6, 6.07) is 8.84. The van der Waals surface area contributed by atoms with E-state index in [2.05, 4.69) is 5.32 Å². The van der Waals surface area contributed by atoms with Crippen molar-refractivity contribution in [3.63, 3.8) is 0 Å². The van der Waals surface area contributed by atoms with Crippen LogP contribution in [0.3, 0.4) is 0 Å². The highest BCUT2D eigenvalue weighted by Gasteiger charge is 2.10. The smallest absolute Gasteiger partial charge is 0.271 e. The van der Waals surface area contributed by atoms with Crippen LogP contribution in [0.5, 0.6) is 5.75 Å². The predicted molar refractivity (Wildman–Crippen MR) is 78.5 cm³/mol. The zero-order chi connectivity index (χ0) is 14.7. The molecule has 0 atom stereocenters. The van der Waals surface area contributed by atoms with Gasteiger partial charge in [0.25, 0.3) is 5.69 Å². The lowest BCUT2D eigenvalue weighted by molar-refractivity contribution is -0.384. The summed E-state index contributed by atoms with van der Waals surface area (Å²) in [6.45, 7) is 0.296. The van der Waals surface area contributed by atoms with Crippen LogP contribution in [0.1, 0.15) is 5.56 Å². The van der Waals surface area contributed by atoms with E-state index in [-0.39, 0.29) is 16.5 Å². The van der Waals surface area contributed by atoms with Crippen molar-refractivity contribution < 1.29 is 10.0 Å². The van der Waals surface area contributed by atoms with Crippen molar-refractivity contribution in [2.24, 2.45) is 0 Å². The fourth-order valence-corrected chi connectivity index (χ4v) is 2.08. The normalized spacial score (nSPS) is 10.3. The second-order valence-corrected chi connectivity index (χ2v) is 4.89. The molecule has 0 aromatic heterocycles. The molecule has 0 aliphatic heterocycles. The van der Waals surface area contributed by atoms with E-state index in [1.54, 1.807) is 12.1 Å². The zero-order valence-electron chi connectivity index (χ0n) is 10.1. The molecule has 0 saturated heterocycles. The van der Waals surface area contributed by atoms with Gasteiger partial charge in [0.05, 0.1) is 15.6 Å². The third kappa shape index (κ3) is 3.31. The van der Waals surface area contributed by atoms with Crippen LogP contribution in [0.4, 0.5) is 11.4 Å². The maximum Gasteiger partial charge on any atom is 0.271 e. The molecule has 5 nitrogen and oxygen atoms in total. The Labute approximate surface area is 124 Å². The molecule has 0 aliphatic rings. The van der Waals surface area contributed by atoms with Crippen LogP contribution in [0.15, 0.2) is 36.4 Å². The Morgan fingerprint density at radius 2 is 1.95 bits per heavy atom. The first kappa shape index (κ1) is 14.4. The van der Waals surface area contributed by atoms with E-state index in [1.165, 1.54) is 24.3 Å². The van der Waals surface area contributed by atoms with E-state index < -0.39 is 4.92 Å². The quantitative estimate of drug-likeness (QED) is 0.654. The van der Waals surface area contributed by atoms with Gasteiger partial charge in [-0.1, -0.05) is 23.2 Å². The summed E-state index contributed by atoms with van der Waals surface area (Å²) in [7, 11) is 0. The summed E-state index contributed by atoms with van der Waals surface area (Å²) in [5.41, 5.74) is 1.06. The molecule has 0 aliphatic carbocycles. The van der Waals surface area contributed by atoms with Crippen LogP contribution >= 0.6 is 23.2 Å². The number of nitrogens with one attached hydrogen (secondary N) is 1. The van der Waals surface area contributed by atoms with E-state index >= 15 is 0 Å². The van der Waals surface area contributed by atoms with Crippen LogP contribution in [0.2, 0.25) is 10.0 Å². The van der Waals surface area contributed by atoms with Crippen LogP contribution in [0.25, 0.3) is 0 Å². The molecule has 7 heteroatoms. The van der Waals surface area contributed by atoms with Gasteiger partial charge in [0, 0.05) is 29.3 Å². The summed E-state index contributed by atoms with van der Waals surface area (Å²) in [5.74, 6) is 0.111. The second kappa shape index (κ2) is 5.98. The molecular formula is C13H10Cl2N2O3. The van der Waals surface area contributed by atoms with E-state index in [0.29, 0.717) is 22.8 Å². The number of nitro benzene ring substituents is 1. The molecule has 0 radical (unpaired) electrons. The summed E-state index contributed by atoms with van der Waals surface area (Å²) >= 11 is 11.8. The minimum atomic E-state index is -0.515. The number of phenolic OH excluding ortho intramolecular Hbond substituents is 1. The first-order valence-corrected chi connectivity index (χ1v) is 6.38. The number of hydrogen-bond acceptors (Lipinski definition) is 4. The van der Waals surface area contributed by atoms with Gasteiger partial charge in [-0.25, -0.2) is 0 Å². The third-order valence-corrected chi connectivity index (χ3v) is 3.22. The molecular weight excluding hydrogens is 303 g/mol. The topological polar surface area (TPSA) is 75.4 Å². The maximum atomic E-state index is 10.6. The molecule has 0 fully saturated rings. The molecule has 0 amide bonds. The van der Waals surface area contributed by atoms with Crippen molar-refractivity contribution in [3.05, 3.63) is 62.1 Å². The lowest BCUT2D eigenvalue weighted by atomic mass is 10.2. The SMILES string of the molecule is O=[N+]([O-])c1ccc(NCc2cc(Cl)ccc2O)c(Cl)c1. The standard InChI is InChI=1S/C13H10Cl2N2O3/c14-9-1-4-13(18)8(5-9)7-16-12-3-2-10(17(19)20)6-11(12)15/h1-6,16,18H,7H2. The molecule has 2 aromatic rings. The van der Waals surface area contributed by atoms with Gasteiger partial charge in [-0.15, -0.1) is 0 Å². The minimum Gasteiger partial charge on any atom is -0.508 e. The van der Waals surface area contributed by atoms with Gasteiger partial charge in [0.2, 0.25) is 0 Å². The lowest BCUT2D eigenvalue weighted by Crippen LogP contribution is -2.00. The van der Waals surface area contributed by atoms with Crippen LogP contribution < -0.4 is 5.32 Å². The molecule has 0 bridgehead atoms. The van der Waals surface area contributed by atoms with Gasteiger partial charge in [-0.05, 0) is 24.3 Å². The van der Waals surface area contributed by atoms with E-state index in [4.69, 9.17) is 23.2 Å². The highest BCUT2D eigenvalue weighted by atomic mass is 35.5. The summed E-state index contributed by atoms with van der Waals surface area (Å²) in [5, 5.41) is 24.0. The molecule has 0 spiro atoms. The Bertz CT molecular complexity index is 662. The fraction of sp³-hybridized carbons (Fsp3) is 0.0769. The predicted octanol–water partition coefficient (Wildman–Crippen LogP) is 4.22. The maximum absolute atomic E-state index is 10.6. The van der Waals surface area contributed by atoms with Crippen molar-refractivity contribution in [3.8, 4) is 5.75 Å². The summed E-state index contributed by atoms with van der Waals surface area (Å²) in [4.78, 5) is 10.1. The number of non-ortho nitro benzene ring substituents is 1. The number of benzene rings is 2. The van der Waals surface area contributed by atoms with E-state index in [9.17, 15) is 15.2 Å². The number of nitrogens with zero attached hydrogens (tertiary/aromatic N) is 1. The third-order valence-electron chi connectivity index (χ3n) is 2.67. The largest absolute Gasteiger partial charge is 0.508 e. The fourth-order valence-electron chi connectivity index (χ4n) is 1.65. The highest BCUT2D eigenvalue weighted by molar-refractivity contribution is 6.33. The lowest BCUT2D eigenvalue weighted by Gasteiger charge is -2.10. The van der Waals surface area contributed by atoms with Crippen molar-refractivity contribution in [1.29, 1.82) is 0 Å². The molecule has 0 unspecified atom stereocenters. The number of phenols is 1. The van der Waals surface area contributed by atoms with Crippen molar-refractivity contribution in [2.45, 2.75) is 6.54 Å². The van der Waals surface area contributed by atoms with Crippen LogP contribution in [-0.4, -0.2) is 10.0 Å². The van der Waals surface area contributed by atoms with E-state index in [1.807, 2.05) is 0 Å². The molecule has 0 saturated carbocycles. The van der Waals surface area contributed by atoms with Gasteiger partial charge in [0.15, 0.2) is 0 Å². The van der Waals surface area contributed by atoms with Crippen molar-refractivity contribution >= 4 is 34.6 Å². The Morgan fingerprint density at radius 3 is 2.60 bits per heavy atom. The Hall–Kier alpha value is -1.98. The highest BCUT2D eigenvalue weighted by Crippen LogP contribution is 2.28. The van der Waals surface area contributed by atoms with Gasteiger partial charge in [0.1, 0.15) is 5.75 Å². The molecule has 2 rings (SSSR count). The summed E-state index contributed by atoms with van der Waals surface area (Å²) < 4.78 is 0. The van der Waals surface area contributed by atoms with Crippen LogP contribution in [0, 0.1) is 10.1 Å². The number of hydrogen-bond donors (Lipinski definition) is 2. The Kier molecular flexibility index (Phi) is 4.32. The molecule has 2 aromatic carbocycles. The number of anilines is 1. The minimum absolute atomic E-state index is 0.0776. The van der Waals surface area contributed by atoms with Crippen molar-refractivity contribution in [2.75, 3.05) is 5.32 Å². The Balaban J connectivity index is 2.15. The summed E-state index contributed by atoms with van der Waals surface area (Å²) in [6.07, 6.45) is 0. The van der Waals surface area contributed by atoms with Gasteiger partial charge in [-0.3, -0.25) is 10.1 Å². The number of rotatable bonds is 4. The first-order chi connectivity index (χ1) is 9.47. The monoisotopic (exact) mass is 312 g/mol. The molecule has 20 heavy (non-hydrogen) atoms. The van der Waals surface area contributed by atoms with Gasteiger partial charge < -0.3 is 10.4 Å². The second-order valence-electron chi connectivity index (χ2n) is 4.05. The van der Waals surface area contributed by atoms with Crippen LogP contribution in [-0.2, 0) is 6.54 Å². The molecule has 0 heterocycles. The number of aromatic hydroxyl groups is 1. The zero-order valence-corrected chi connectivity index (χ0v) is 11.6. The number of nitro groups is 1. The van der Waals surface area contributed by atoms with Gasteiger partial charge >= 0.3 is 0 Å². The molecule has 104 valence electrons. The first-order valence-electron chi connectivity index (χ1n) is 5.62. The average Bonchev–Trinajstić information content (AvgIpc) is 2.40. The van der Waals surface area contributed by atoms with Crippen molar-refractivity contribution in [1.82, 2.24) is 0 Å². The number of halogens is 2. The average molecular weight is 313 g/mol. The Morgan fingerprint density at radius 1 is 1.20 bits per heavy atom. The molecule has 2 N–H and O–H groups in total. The van der Waals surface area contributed by atoms with Gasteiger partial charge in [-0.2, -0.15) is 0 Å².